The van der Waals surface area contributed by atoms with E-state index in [1.54, 1.807) is 30.3 Å². The van der Waals surface area contributed by atoms with Gasteiger partial charge in [-0.05, 0) is 29.4 Å². The molecular weight excluding hydrogens is 324 g/mol. The number of Topliss-reactive ketones (excluding diaryl/α,β-unsaturated/α-hetero) is 2. The van der Waals surface area contributed by atoms with Crippen LogP contribution in [0.25, 0.3) is 0 Å². The summed E-state index contributed by atoms with van der Waals surface area (Å²) < 4.78 is 0. The van der Waals surface area contributed by atoms with Gasteiger partial charge in [0.25, 0.3) is 0 Å². The quantitative estimate of drug-likeness (QED) is 0.619. The highest BCUT2D eigenvalue weighted by Crippen LogP contribution is 2.33. The minimum Gasteiger partial charge on any atom is -0.364 e. The van der Waals surface area contributed by atoms with E-state index in [-0.39, 0.29) is 17.1 Å². The summed E-state index contributed by atoms with van der Waals surface area (Å²) in [5.74, 6) is -0.338. The molecule has 2 heterocycles. The normalized spacial score (nSPS) is 18.0. The molecule has 0 atom stereocenters. The van der Waals surface area contributed by atoms with E-state index in [4.69, 9.17) is 0 Å². The number of benzene rings is 1. The number of carbonyl (C=O) groups excluding carboxylic acids is 2. The van der Waals surface area contributed by atoms with Crippen molar-refractivity contribution in [2.75, 3.05) is 0 Å². The summed E-state index contributed by atoms with van der Waals surface area (Å²) in [6.07, 6.45) is 8.40. The SMILES string of the molecule is O=C1C(=CC2=CC=C(N3Cc4cccnc4C3)C2)C(=O)c2ccccc21. The second-order valence-corrected chi connectivity index (χ2v) is 6.80. The molecule has 0 amide bonds. The lowest BCUT2D eigenvalue weighted by atomic mass is 10.1. The predicted octanol–water partition coefficient (Wildman–Crippen LogP) is 3.62. The van der Waals surface area contributed by atoms with Gasteiger partial charge in [0.2, 0.25) is 0 Å². The molecule has 1 aromatic heterocycles. The van der Waals surface area contributed by atoms with Gasteiger partial charge in [-0.1, -0.05) is 36.4 Å². The Kier molecular flexibility index (Phi) is 3.25. The maximum absolute atomic E-state index is 12.5. The highest BCUT2D eigenvalue weighted by molar-refractivity contribution is 6.39. The number of rotatable bonds is 2. The molecule has 4 heteroatoms. The molecule has 4 nitrogen and oxygen atoms in total. The number of fused-ring (bicyclic) bond motifs is 2. The summed E-state index contributed by atoms with van der Waals surface area (Å²) >= 11 is 0. The Bertz CT molecular complexity index is 997. The maximum Gasteiger partial charge on any atom is 0.197 e. The van der Waals surface area contributed by atoms with E-state index < -0.39 is 0 Å². The van der Waals surface area contributed by atoms with Gasteiger partial charge in [-0.3, -0.25) is 14.6 Å². The van der Waals surface area contributed by atoms with Crippen LogP contribution in [0.1, 0.15) is 38.4 Å². The van der Waals surface area contributed by atoms with Gasteiger partial charge in [-0.15, -0.1) is 0 Å². The Labute approximate surface area is 151 Å². The summed E-state index contributed by atoms with van der Waals surface area (Å²) in [7, 11) is 0. The predicted molar refractivity (Wildman–Crippen MR) is 97.5 cm³/mol. The van der Waals surface area contributed by atoms with Gasteiger partial charge in [0.05, 0.1) is 17.8 Å². The molecule has 0 N–H and O–H groups in total. The molecule has 126 valence electrons. The van der Waals surface area contributed by atoms with Crippen LogP contribution in [0, 0.1) is 0 Å². The summed E-state index contributed by atoms with van der Waals surface area (Å²) in [6.45, 7) is 1.67. The monoisotopic (exact) mass is 340 g/mol. The van der Waals surface area contributed by atoms with Crippen LogP contribution in [-0.2, 0) is 13.1 Å². The van der Waals surface area contributed by atoms with Gasteiger partial charge in [0.15, 0.2) is 11.6 Å². The van der Waals surface area contributed by atoms with Crippen LogP contribution in [0.4, 0.5) is 0 Å². The number of hydrogen-bond acceptors (Lipinski definition) is 4. The van der Waals surface area contributed by atoms with Crippen LogP contribution >= 0.6 is 0 Å². The van der Waals surface area contributed by atoms with E-state index in [1.807, 2.05) is 18.3 Å². The first kappa shape index (κ1) is 15.0. The molecule has 0 fully saturated rings. The molecule has 0 bridgehead atoms. The smallest absolute Gasteiger partial charge is 0.197 e. The third-order valence-corrected chi connectivity index (χ3v) is 5.20. The number of nitrogens with zero attached hydrogens (tertiary/aromatic N) is 2. The Balaban J connectivity index is 1.34. The molecule has 1 aromatic carbocycles. The van der Waals surface area contributed by atoms with Crippen LogP contribution < -0.4 is 0 Å². The third kappa shape index (κ3) is 2.26. The fourth-order valence-electron chi connectivity index (χ4n) is 3.84. The Morgan fingerprint density at radius 3 is 2.42 bits per heavy atom. The zero-order valence-electron chi connectivity index (χ0n) is 14.1. The molecule has 5 rings (SSSR count). The van der Waals surface area contributed by atoms with E-state index in [1.165, 1.54) is 11.3 Å². The summed E-state index contributed by atoms with van der Waals surface area (Å²) in [6, 6.07) is 11.1. The van der Waals surface area contributed by atoms with Crippen molar-refractivity contribution in [3.05, 3.63) is 100 Å². The fraction of sp³-hybridized carbons (Fsp3) is 0.136. The van der Waals surface area contributed by atoms with Gasteiger partial charge in [0.1, 0.15) is 0 Å². The van der Waals surface area contributed by atoms with Crippen LogP contribution in [0.5, 0.6) is 0 Å². The second kappa shape index (κ2) is 5.63. The Morgan fingerprint density at radius 2 is 1.69 bits per heavy atom. The van der Waals surface area contributed by atoms with Crippen molar-refractivity contribution in [2.45, 2.75) is 19.5 Å². The van der Waals surface area contributed by atoms with E-state index >= 15 is 0 Å². The van der Waals surface area contributed by atoms with Crippen LogP contribution in [0.2, 0.25) is 0 Å². The number of ketones is 2. The highest BCUT2D eigenvalue weighted by Gasteiger charge is 2.33. The standard InChI is InChI=1S/C22H16N2O2/c25-21-17-5-1-2-6-18(17)22(26)19(21)11-14-7-8-16(10-14)24-12-15-4-3-9-23-20(15)13-24/h1-9,11H,10,12-13H2. The minimum absolute atomic E-state index is 0.169. The van der Waals surface area contributed by atoms with Crippen LogP contribution in [0.15, 0.2) is 77.7 Å². The fourth-order valence-corrected chi connectivity index (χ4v) is 3.84. The van der Waals surface area contributed by atoms with Crippen molar-refractivity contribution < 1.29 is 9.59 Å². The Hall–Kier alpha value is -3.27. The van der Waals surface area contributed by atoms with Gasteiger partial charge in [-0.25, -0.2) is 0 Å². The average molecular weight is 340 g/mol. The van der Waals surface area contributed by atoms with Gasteiger partial charge >= 0.3 is 0 Å². The van der Waals surface area contributed by atoms with E-state index in [2.05, 4.69) is 22.0 Å². The van der Waals surface area contributed by atoms with Crippen molar-refractivity contribution in [3.8, 4) is 0 Å². The van der Waals surface area contributed by atoms with Gasteiger partial charge in [0, 0.05) is 36.0 Å². The van der Waals surface area contributed by atoms with Crippen LogP contribution in [0.3, 0.4) is 0 Å². The first-order chi connectivity index (χ1) is 12.7. The molecule has 0 saturated heterocycles. The molecular formula is C22H16N2O2. The second-order valence-electron chi connectivity index (χ2n) is 6.80. The van der Waals surface area contributed by atoms with Crippen molar-refractivity contribution in [1.29, 1.82) is 0 Å². The Morgan fingerprint density at radius 1 is 0.923 bits per heavy atom. The minimum atomic E-state index is -0.169. The third-order valence-electron chi connectivity index (χ3n) is 5.20. The molecule has 3 aliphatic rings. The van der Waals surface area contributed by atoms with Gasteiger partial charge < -0.3 is 4.90 Å². The lowest BCUT2D eigenvalue weighted by Crippen LogP contribution is -2.15. The summed E-state index contributed by atoms with van der Waals surface area (Å²) in [5.41, 5.74) is 5.87. The molecule has 2 aliphatic carbocycles. The van der Waals surface area contributed by atoms with Crippen molar-refractivity contribution in [3.63, 3.8) is 0 Å². The lowest BCUT2D eigenvalue weighted by Gasteiger charge is -2.19. The molecule has 1 aliphatic heterocycles. The first-order valence-corrected chi connectivity index (χ1v) is 8.68. The van der Waals surface area contributed by atoms with Gasteiger partial charge in [-0.2, -0.15) is 0 Å². The average Bonchev–Trinajstić information content (AvgIpc) is 3.36. The summed E-state index contributed by atoms with van der Waals surface area (Å²) in [5, 5.41) is 0. The van der Waals surface area contributed by atoms with Crippen molar-refractivity contribution in [2.24, 2.45) is 0 Å². The molecule has 26 heavy (non-hydrogen) atoms. The number of allylic oxidation sites excluding steroid dienone is 5. The number of hydrogen-bond donors (Lipinski definition) is 0. The van der Waals surface area contributed by atoms with Crippen LogP contribution in [-0.4, -0.2) is 21.5 Å². The molecule has 0 radical (unpaired) electrons. The van der Waals surface area contributed by atoms with E-state index in [0.717, 1.165) is 30.8 Å². The van der Waals surface area contributed by atoms with E-state index in [9.17, 15) is 9.59 Å². The number of aromatic nitrogens is 1. The molecule has 0 unspecified atom stereocenters. The first-order valence-electron chi connectivity index (χ1n) is 8.68. The summed E-state index contributed by atoms with van der Waals surface area (Å²) in [4.78, 5) is 31.8. The molecule has 0 spiro atoms. The topological polar surface area (TPSA) is 50.3 Å². The lowest BCUT2D eigenvalue weighted by molar-refractivity contribution is 0.0988. The maximum atomic E-state index is 12.5. The van der Waals surface area contributed by atoms with Crippen molar-refractivity contribution >= 4 is 11.6 Å². The molecule has 2 aromatic rings. The zero-order chi connectivity index (χ0) is 17.7. The van der Waals surface area contributed by atoms with Crippen molar-refractivity contribution in [1.82, 2.24) is 9.88 Å². The number of carbonyl (C=O) groups is 2. The number of pyridine rings is 1. The van der Waals surface area contributed by atoms with E-state index in [0.29, 0.717) is 11.1 Å². The highest BCUT2D eigenvalue weighted by atomic mass is 16.2. The zero-order valence-corrected chi connectivity index (χ0v) is 14.1. The largest absolute Gasteiger partial charge is 0.364 e. The molecule has 0 saturated carbocycles.